The quantitative estimate of drug-likeness (QED) is 0.370. The molecule has 2 unspecified atom stereocenters. The highest BCUT2D eigenvalue weighted by Crippen LogP contribution is 2.40. The molecule has 9 heteroatoms. The second-order valence-electron chi connectivity index (χ2n) is 10.1. The van der Waals surface area contributed by atoms with Crippen molar-refractivity contribution in [3.8, 4) is 11.3 Å². The van der Waals surface area contributed by atoms with E-state index in [-0.39, 0.29) is 11.9 Å². The van der Waals surface area contributed by atoms with Crippen LogP contribution in [0.15, 0.2) is 60.9 Å². The first-order valence-electron chi connectivity index (χ1n) is 12.4. The Labute approximate surface area is 212 Å². The number of rotatable bonds is 5. The normalized spacial score (nSPS) is 20.0. The average Bonchev–Trinajstić information content (AvgIpc) is 3.43. The van der Waals surface area contributed by atoms with E-state index in [4.69, 9.17) is 10.8 Å². The number of aliphatic hydroxyl groups is 1. The molecule has 1 aliphatic rings. The topological polar surface area (TPSA) is 112 Å². The maximum atomic E-state index is 13.6. The largest absolute Gasteiger partial charge is 0.388 e. The van der Waals surface area contributed by atoms with Gasteiger partial charge in [-0.2, -0.15) is 10.2 Å². The fraction of sp³-hybridized carbons (Fsp3) is 0.286. The minimum Gasteiger partial charge on any atom is -0.388 e. The number of amides is 1. The monoisotopic (exact) mass is 498 g/mol. The van der Waals surface area contributed by atoms with Crippen LogP contribution < -0.4 is 5.73 Å². The number of hydrogen-bond acceptors (Lipinski definition) is 5. The Morgan fingerprint density at radius 2 is 2.05 bits per heavy atom. The molecule has 2 atom stereocenters. The summed E-state index contributed by atoms with van der Waals surface area (Å²) in [5.41, 5.74) is 9.08. The van der Waals surface area contributed by atoms with Gasteiger partial charge >= 0.3 is 0 Å². The first kappa shape index (κ1) is 23.3. The lowest BCUT2D eigenvalue weighted by molar-refractivity contribution is -0.0309. The Morgan fingerprint density at radius 1 is 1.19 bits per heavy atom. The van der Waals surface area contributed by atoms with Gasteiger partial charge in [-0.25, -0.2) is 4.39 Å². The zero-order valence-electron chi connectivity index (χ0n) is 20.4. The second-order valence-corrected chi connectivity index (χ2v) is 10.1. The number of carbonyl (C=O) groups is 1. The van der Waals surface area contributed by atoms with Crippen molar-refractivity contribution in [2.75, 3.05) is 0 Å². The molecule has 0 radical (unpaired) electrons. The molecule has 3 aromatic heterocycles. The number of aryl methyl sites for hydroxylation is 1. The van der Waals surface area contributed by atoms with E-state index in [9.17, 15) is 14.3 Å². The van der Waals surface area contributed by atoms with E-state index in [1.54, 1.807) is 35.3 Å². The van der Waals surface area contributed by atoms with Gasteiger partial charge in [-0.3, -0.25) is 19.1 Å². The van der Waals surface area contributed by atoms with Crippen LogP contribution in [0.5, 0.6) is 0 Å². The van der Waals surface area contributed by atoms with Crippen LogP contribution in [0.2, 0.25) is 0 Å². The third-order valence-electron chi connectivity index (χ3n) is 7.27. The predicted molar refractivity (Wildman–Crippen MR) is 138 cm³/mol. The summed E-state index contributed by atoms with van der Waals surface area (Å²) in [6, 6.07) is 13.7. The van der Waals surface area contributed by atoms with Crippen molar-refractivity contribution in [2.24, 2.45) is 5.73 Å². The summed E-state index contributed by atoms with van der Waals surface area (Å²) in [5.74, 6) is -0.807. The van der Waals surface area contributed by atoms with Crippen LogP contribution in [-0.4, -0.2) is 41.2 Å². The second kappa shape index (κ2) is 8.77. The van der Waals surface area contributed by atoms with E-state index in [0.717, 1.165) is 40.7 Å². The van der Waals surface area contributed by atoms with Gasteiger partial charge in [0.1, 0.15) is 11.5 Å². The van der Waals surface area contributed by atoms with Crippen LogP contribution >= 0.6 is 0 Å². The third-order valence-corrected chi connectivity index (χ3v) is 7.27. The Kier molecular flexibility index (Phi) is 5.52. The lowest BCUT2D eigenvalue weighted by Gasteiger charge is -2.37. The van der Waals surface area contributed by atoms with Gasteiger partial charge in [0.2, 0.25) is 5.91 Å². The third kappa shape index (κ3) is 4.35. The van der Waals surface area contributed by atoms with Crippen molar-refractivity contribution in [3.05, 3.63) is 78.0 Å². The van der Waals surface area contributed by atoms with Gasteiger partial charge in [-0.05, 0) is 74.7 Å². The molecule has 8 nitrogen and oxygen atoms in total. The zero-order chi connectivity index (χ0) is 25.7. The molecule has 2 aromatic carbocycles. The zero-order valence-corrected chi connectivity index (χ0v) is 20.4. The fourth-order valence-electron chi connectivity index (χ4n) is 5.57. The highest BCUT2D eigenvalue weighted by molar-refractivity contribution is 6.01. The van der Waals surface area contributed by atoms with Crippen LogP contribution in [0.4, 0.5) is 4.39 Å². The van der Waals surface area contributed by atoms with Gasteiger partial charge in [0.05, 0.1) is 29.2 Å². The molecule has 1 saturated carbocycles. The average molecular weight is 499 g/mol. The summed E-state index contributed by atoms with van der Waals surface area (Å²) in [6.45, 7) is 2.23. The number of aromatic nitrogens is 5. The summed E-state index contributed by atoms with van der Waals surface area (Å²) in [4.78, 5) is 16.2. The van der Waals surface area contributed by atoms with Gasteiger partial charge < -0.3 is 10.8 Å². The molecular formula is C28H27FN6O2. The van der Waals surface area contributed by atoms with Crippen molar-refractivity contribution in [2.45, 2.75) is 50.8 Å². The maximum Gasteiger partial charge on any atom is 0.248 e. The predicted octanol–water partition coefficient (Wildman–Crippen LogP) is 4.54. The van der Waals surface area contributed by atoms with Crippen molar-refractivity contribution in [1.29, 1.82) is 0 Å². The number of nitrogens with zero attached hydrogens (tertiary/aromatic N) is 5. The van der Waals surface area contributed by atoms with Crippen LogP contribution in [0.25, 0.3) is 33.1 Å². The molecule has 3 N–H and O–H groups in total. The Hall–Kier alpha value is -4.11. The summed E-state index contributed by atoms with van der Waals surface area (Å²) in [6.07, 6.45) is 6.32. The molecule has 0 saturated heterocycles. The first-order valence-corrected chi connectivity index (χ1v) is 12.4. The standard InChI is InChI=1S/C28H27FN6O2/c1-17-11-18(8-10-31-17)26-23-13-19(27(30)36)4-7-25(23)35(33-26)22-3-2-9-28(37,14-22)16-34-15-20-12-21(29)5-6-24(20)32-34/h4-8,10-13,15,22,37H,2-3,9,14,16H2,1H3,(H2,30,36). The van der Waals surface area contributed by atoms with Gasteiger partial charge in [0.15, 0.2) is 0 Å². The maximum absolute atomic E-state index is 13.6. The molecule has 188 valence electrons. The summed E-state index contributed by atoms with van der Waals surface area (Å²) >= 11 is 0. The van der Waals surface area contributed by atoms with E-state index >= 15 is 0 Å². The van der Waals surface area contributed by atoms with Gasteiger partial charge in [0.25, 0.3) is 0 Å². The minimum absolute atomic E-state index is 0.0558. The number of fused-ring (bicyclic) bond motifs is 2. The van der Waals surface area contributed by atoms with Crippen molar-refractivity contribution >= 4 is 27.7 Å². The highest BCUT2D eigenvalue weighted by Gasteiger charge is 2.37. The summed E-state index contributed by atoms with van der Waals surface area (Å²) < 4.78 is 17.3. The van der Waals surface area contributed by atoms with Crippen LogP contribution in [0.3, 0.4) is 0 Å². The van der Waals surface area contributed by atoms with Gasteiger partial charge in [-0.15, -0.1) is 0 Å². The number of benzene rings is 2. The molecule has 0 aliphatic heterocycles. The first-order chi connectivity index (χ1) is 17.8. The molecule has 6 rings (SSSR count). The Balaban J connectivity index is 1.37. The molecule has 1 amide bonds. The molecule has 5 aromatic rings. The smallest absolute Gasteiger partial charge is 0.248 e. The van der Waals surface area contributed by atoms with Crippen molar-refractivity contribution in [1.82, 2.24) is 24.5 Å². The SMILES string of the molecule is Cc1cc(-c2nn(C3CCCC(O)(Cn4cc5cc(F)ccc5n4)C3)c3ccc(C(N)=O)cc23)ccn1. The van der Waals surface area contributed by atoms with Crippen LogP contribution in [0.1, 0.15) is 47.8 Å². The number of hydrogen-bond donors (Lipinski definition) is 2. The van der Waals surface area contributed by atoms with Gasteiger partial charge in [-0.1, -0.05) is 0 Å². The molecule has 37 heavy (non-hydrogen) atoms. The van der Waals surface area contributed by atoms with E-state index in [0.29, 0.717) is 35.9 Å². The lowest BCUT2D eigenvalue weighted by Crippen LogP contribution is -2.40. The van der Waals surface area contributed by atoms with Crippen molar-refractivity contribution < 1.29 is 14.3 Å². The van der Waals surface area contributed by atoms with Crippen LogP contribution in [-0.2, 0) is 6.54 Å². The molecule has 0 spiro atoms. The molecule has 1 fully saturated rings. The summed E-state index contributed by atoms with van der Waals surface area (Å²) in [7, 11) is 0. The lowest BCUT2D eigenvalue weighted by atomic mass is 9.81. The van der Waals surface area contributed by atoms with Crippen molar-refractivity contribution in [3.63, 3.8) is 0 Å². The van der Waals surface area contributed by atoms with E-state index in [2.05, 4.69) is 10.1 Å². The molecular weight excluding hydrogens is 471 g/mol. The molecule has 1 aliphatic carbocycles. The highest BCUT2D eigenvalue weighted by atomic mass is 19.1. The van der Waals surface area contributed by atoms with Gasteiger partial charge in [0, 0.05) is 46.4 Å². The Bertz CT molecular complexity index is 1660. The number of nitrogens with two attached hydrogens (primary N) is 1. The molecule has 0 bridgehead atoms. The van der Waals surface area contributed by atoms with E-state index in [1.165, 1.54) is 12.1 Å². The number of carbonyl (C=O) groups excluding carboxylic acids is 1. The number of primary amides is 1. The van der Waals surface area contributed by atoms with Crippen LogP contribution in [0, 0.1) is 12.7 Å². The number of halogens is 1. The van der Waals surface area contributed by atoms with E-state index in [1.807, 2.05) is 29.8 Å². The fourth-order valence-corrected chi connectivity index (χ4v) is 5.57. The number of pyridine rings is 1. The Morgan fingerprint density at radius 3 is 2.86 bits per heavy atom. The molecule has 3 heterocycles. The minimum atomic E-state index is -0.998. The summed E-state index contributed by atoms with van der Waals surface area (Å²) in [5, 5.41) is 22.7. The van der Waals surface area contributed by atoms with E-state index < -0.39 is 11.5 Å².